The fourth-order valence-corrected chi connectivity index (χ4v) is 2.81. The van der Waals surface area contributed by atoms with E-state index in [1.54, 1.807) is 24.3 Å². The molecule has 0 aliphatic carbocycles. The first-order chi connectivity index (χ1) is 9.41. The van der Waals surface area contributed by atoms with Crippen LogP contribution in [-0.2, 0) is 10.0 Å². The normalized spacial score (nSPS) is 13.4. The zero-order chi connectivity index (χ0) is 15.2. The number of nitrogens with zero attached hydrogens (tertiary/aromatic N) is 1. The Labute approximate surface area is 122 Å². The molecule has 0 aliphatic heterocycles. The van der Waals surface area contributed by atoms with Crippen LogP contribution in [0.3, 0.4) is 0 Å². The van der Waals surface area contributed by atoms with Crippen molar-refractivity contribution in [2.45, 2.75) is 24.7 Å². The van der Waals surface area contributed by atoms with Gasteiger partial charge in [-0.15, -0.1) is 0 Å². The van der Waals surface area contributed by atoms with E-state index < -0.39 is 10.0 Å². The highest BCUT2D eigenvalue weighted by Gasteiger charge is 2.16. The minimum Gasteiger partial charge on any atom is -0.385 e. The van der Waals surface area contributed by atoms with Gasteiger partial charge >= 0.3 is 0 Å². The van der Waals surface area contributed by atoms with Gasteiger partial charge < -0.3 is 11.1 Å². The van der Waals surface area contributed by atoms with E-state index in [-0.39, 0.29) is 0 Å². The highest BCUT2D eigenvalue weighted by atomic mass is 32.2. The Balaban J connectivity index is 2.68. The third kappa shape index (κ3) is 4.47. The van der Waals surface area contributed by atoms with Gasteiger partial charge in [-0.05, 0) is 43.1 Å². The van der Waals surface area contributed by atoms with Crippen molar-refractivity contribution in [1.82, 2.24) is 4.31 Å². The van der Waals surface area contributed by atoms with E-state index in [1.807, 2.05) is 0 Å². The third-order valence-electron chi connectivity index (χ3n) is 3.38. The molecule has 0 heterocycles. The minimum atomic E-state index is -3.35. The monoisotopic (exact) mass is 299 g/mol. The number of nitrogens with two attached hydrogens (primary N) is 1. The molecule has 0 spiro atoms. The van der Waals surface area contributed by atoms with Crippen LogP contribution in [0.4, 0.5) is 5.69 Å². The smallest absolute Gasteiger partial charge is 0.242 e. The first kappa shape index (κ1) is 16.9. The van der Waals surface area contributed by atoms with Crippen LogP contribution < -0.4 is 11.1 Å². The van der Waals surface area contributed by atoms with E-state index in [4.69, 9.17) is 5.73 Å². The van der Waals surface area contributed by atoms with Gasteiger partial charge in [0.05, 0.1) is 4.90 Å². The van der Waals surface area contributed by atoms with Crippen LogP contribution in [0.1, 0.15) is 19.8 Å². The zero-order valence-electron chi connectivity index (χ0n) is 12.5. The summed E-state index contributed by atoms with van der Waals surface area (Å²) in [5.74, 6) is 0.546. The molecule has 0 bridgehead atoms. The van der Waals surface area contributed by atoms with Crippen LogP contribution in [0.25, 0.3) is 0 Å². The summed E-state index contributed by atoms with van der Waals surface area (Å²) < 4.78 is 25.1. The van der Waals surface area contributed by atoms with Crippen LogP contribution in [0, 0.1) is 5.92 Å². The molecule has 5 nitrogen and oxygen atoms in total. The first-order valence-electron chi connectivity index (χ1n) is 6.88. The maximum Gasteiger partial charge on any atom is 0.242 e. The standard InChI is InChI=1S/C14H25N3O2S/c1-4-12(9-10-15)11-16-13-5-7-14(8-6-13)20(18,19)17(2)3/h5-8,12,16H,4,9-11,15H2,1-3H3. The lowest BCUT2D eigenvalue weighted by Gasteiger charge is -2.16. The number of benzene rings is 1. The molecule has 0 amide bonds. The van der Waals surface area contributed by atoms with Gasteiger partial charge in [-0.3, -0.25) is 0 Å². The van der Waals surface area contributed by atoms with E-state index in [2.05, 4.69) is 12.2 Å². The van der Waals surface area contributed by atoms with Gasteiger partial charge in [0.15, 0.2) is 0 Å². The van der Waals surface area contributed by atoms with Gasteiger partial charge in [-0.25, -0.2) is 12.7 Å². The predicted octanol–water partition coefficient (Wildman–Crippen LogP) is 1.72. The van der Waals surface area contributed by atoms with Crippen molar-refractivity contribution < 1.29 is 8.42 Å². The van der Waals surface area contributed by atoms with E-state index in [0.717, 1.165) is 25.1 Å². The lowest BCUT2D eigenvalue weighted by molar-refractivity contribution is 0.501. The summed E-state index contributed by atoms with van der Waals surface area (Å²) in [5.41, 5.74) is 6.50. The molecule has 3 N–H and O–H groups in total. The Morgan fingerprint density at radius 2 is 1.85 bits per heavy atom. The second kappa shape index (κ2) is 7.61. The topological polar surface area (TPSA) is 75.4 Å². The summed E-state index contributed by atoms with van der Waals surface area (Å²) in [7, 11) is -0.293. The molecule has 6 heteroatoms. The summed E-state index contributed by atoms with van der Waals surface area (Å²) in [6.45, 7) is 3.70. The molecule has 1 aromatic rings. The van der Waals surface area contributed by atoms with E-state index in [9.17, 15) is 8.42 Å². The Morgan fingerprint density at radius 1 is 1.25 bits per heavy atom. The summed E-state index contributed by atoms with van der Waals surface area (Å²) in [6, 6.07) is 6.85. The molecular weight excluding hydrogens is 274 g/mol. The molecule has 1 rings (SSSR count). The van der Waals surface area contributed by atoms with Gasteiger partial charge in [-0.2, -0.15) is 0 Å². The molecule has 1 aromatic carbocycles. The molecule has 1 atom stereocenters. The van der Waals surface area contributed by atoms with Crippen molar-refractivity contribution in [2.75, 3.05) is 32.5 Å². The summed E-state index contributed by atoms with van der Waals surface area (Å²) >= 11 is 0. The number of nitrogens with one attached hydrogen (secondary N) is 1. The van der Waals surface area contributed by atoms with Crippen molar-refractivity contribution in [3.8, 4) is 0 Å². The zero-order valence-corrected chi connectivity index (χ0v) is 13.3. The summed E-state index contributed by atoms with van der Waals surface area (Å²) in [6.07, 6.45) is 2.08. The van der Waals surface area contributed by atoms with Crippen LogP contribution in [-0.4, -0.2) is 39.9 Å². The summed E-state index contributed by atoms with van der Waals surface area (Å²) in [4.78, 5) is 0.307. The molecular formula is C14H25N3O2S. The van der Waals surface area contributed by atoms with Gasteiger partial charge in [-0.1, -0.05) is 13.3 Å². The predicted molar refractivity (Wildman–Crippen MR) is 83.3 cm³/mol. The SMILES string of the molecule is CCC(CCN)CNc1ccc(S(=O)(=O)N(C)C)cc1. The molecule has 20 heavy (non-hydrogen) atoms. The molecule has 1 unspecified atom stereocenters. The number of hydrogen-bond acceptors (Lipinski definition) is 4. The molecule has 0 aromatic heterocycles. The van der Waals surface area contributed by atoms with E-state index >= 15 is 0 Å². The van der Waals surface area contributed by atoms with Gasteiger partial charge in [0.25, 0.3) is 0 Å². The fourth-order valence-electron chi connectivity index (χ4n) is 1.90. The van der Waals surface area contributed by atoms with Gasteiger partial charge in [0, 0.05) is 26.3 Å². The second-order valence-electron chi connectivity index (χ2n) is 5.04. The van der Waals surface area contributed by atoms with Crippen molar-refractivity contribution in [3.05, 3.63) is 24.3 Å². The lowest BCUT2D eigenvalue weighted by atomic mass is 10.0. The Morgan fingerprint density at radius 3 is 2.30 bits per heavy atom. The molecule has 0 radical (unpaired) electrons. The minimum absolute atomic E-state index is 0.307. The number of anilines is 1. The van der Waals surface area contributed by atoms with Crippen molar-refractivity contribution in [1.29, 1.82) is 0 Å². The number of sulfonamides is 1. The Bertz CT molecular complexity index is 498. The van der Waals surface area contributed by atoms with Gasteiger partial charge in [0.1, 0.15) is 0 Å². The quantitative estimate of drug-likeness (QED) is 0.766. The van der Waals surface area contributed by atoms with E-state index in [1.165, 1.54) is 18.4 Å². The van der Waals surface area contributed by atoms with E-state index in [0.29, 0.717) is 17.4 Å². The molecule has 0 saturated heterocycles. The van der Waals surface area contributed by atoms with Gasteiger partial charge in [0.2, 0.25) is 10.0 Å². The van der Waals surface area contributed by atoms with Crippen LogP contribution in [0.2, 0.25) is 0 Å². The Hall–Kier alpha value is -1.11. The third-order valence-corrected chi connectivity index (χ3v) is 5.21. The number of rotatable bonds is 8. The van der Waals surface area contributed by atoms with Crippen LogP contribution >= 0.6 is 0 Å². The average Bonchev–Trinajstić information content (AvgIpc) is 2.43. The van der Waals surface area contributed by atoms with Crippen molar-refractivity contribution in [2.24, 2.45) is 11.7 Å². The maximum atomic E-state index is 11.9. The fraction of sp³-hybridized carbons (Fsp3) is 0.571. The number of hydrogen-bond donors (Lipinski definition) is 2. The van der Waals surface area contributed by atoms with Crippen LogP contribution in [0.15, 0.2) is 29.2 Å². The molecule has 114 valence electrons. The lowest BCUT2D eigenvalue weighted by Crippen LogP contribution is -2.22. The van der Waals surface area contributed by atoms with Crippen molar-refractivity contribution in [3.63, 3.8) is 0 Å². The highest BCUT2D eigenvalue weighted by molar-refractivity contribution is 7.89. The average molecular weight is 299 g/mol. The summed E-state index contributed by atoms with van der Waals surface area (Å²) in [5, 5.41) is 3.32. The molecule has 0 saturated carbocycles. The second-order valence-corrected chi connectivity index (χ2v) is 7.20. The van der Waals surface area contributed by atoms with Crippen LogP contribution in [0.5, 0.6) is 0 Å². The largest absolute Gasteiger partial charge is 0.385 e. The van der Waals surface area contributed by atoms with Crippen molar-refractivity contribution >= 4 is 15.7 Å². The molecule has 0 fully saturated rings. The highest BCUT2D eigenvalue weighted by Crippen LogP contribution is 2.17. The first-order valence-corrected chi connectivity index (χ1v) is 8.32. The maximum absolute atomic E-state index is 11.9. The Kier molecular flexibility index (Phi) is 6.45. The molecule has 0 aliphatic rings.